The van der Waals surface area contributed by atoms with E-state index in [1.807, 2.05) is 13.8 Å². The van der Waals surface area contributed by atoms with Gasteiger partial charge in [0.25, 0.3) is 0 Å². The number of hydrogen-bond donors (Lipinski definition) is 2. The van der Waals surface area contributed by atoms with E-state index in [-0.39, 0.29) is 18.1 Å². The summed E-state index contributed by atoms with van der Waals surface area (Å²) in [5, 5.41) is 18.3. The van der Waals surface area contributed by atoms with E-state index in [4.69, 9.17) is 5.11 Å². The highest BCUT2D eigenvalue weighted by Crippen LogP contribution is 2.31. The second kappa shape index (κ2) is 4.66. The van der Waals surface area contributed by atoms with E-state index in [1.54, 1.807) is 12.1 Å². The smallest absolute Gasteiger partial charge is 0.307 e. The van der Waals surface area contributed by atoms with E-state index in [0.717, 1.165) is 10.0 Å². The molecule has 0 bridgehead atoms. The number of rotatable bonds is 3. The zero-order valence-electron chi connectivity index (χ0n) is 8.62. The largest absolute Gasteiger partial charge is 0.508 e. The van der Waals surface area contributed by atoms with Crippen LogP contribution in [0.2, 0.25) is 0 Å². The minimum atomic E-state index is -0.950. The number of aromatic hydroxyl groups is 1. The van der Waals surface area contributed by atoms with Crippen molar-refractivity contribution in [3.8, 4) is 5.75 Å². The molecule has 1 aromatic carbocycles. The van der Waals surface area contributed by atoms with Crippen molar-refractivity contribution < 1.29 is 15.0 Å². The van der Waals surface area contributed by atoms with Crippen molar-refractivity contribution in [1.82, 2.24) is 0 Å². The van der Waals surface area contributed by atoms with Crippen LogP contribution in [0.25, 0.3) is 0 Å². The zero-order valence-corrected chi connectivity index (χ0v) is 10.2. The van der Waals surface area contributed by atoms with Crippen molar-refractivity contribution in [1.29, 1.82) is 0 Å². The monoisotopic (exact) mass is 272 g/mol. The van der Waals surface area contributed by atoms with E-state index in [1.165, 1.54) is 0 Å². The normalized spacial score (nSPS) is 10.7. The maximum atomic E-state index is 10.5. The van der Waals surface area contributed by atoms with E-state index in [2.05, 4.69) is 15.9 Å². The average Bonchev–Trinajstić information content (AvgIpc) is 2.09. The maximum absolute atomic E-state index is 10.5. The Morgan fingerprint density at radius 2 is 2.07 bits per heavy atom. The SMILES string of the molecule is CC(C)c1cc(O)c(CC(=O)O)cc1Br. The van der Waals surface area contributed by atoms with Crippen molar-refractivity contribution in [2.24, 2.45) is 0 Å². The van der Waals surface area contributed by atoms with E-state index < -0.39 is 5.97 Å². The van der Waals surface area contributed by atoms with Crippen LogP contribution in [0, 0.1) is 0 Å². The van der Waals surface area contributed by atoms with Gasteiger partial charge in [-0.2, -0.15) is 0 Å². The van der Waals surface area contributed by atoms with Gasteiger partial charge in [-0.25, -0.2) is 0 Å². The van der Waals surface area contributed by atoms with Gasteiger partial charge in [0.15, 0.2) is 0 Å². The number of carbonyl (C=O) groups is 1. The fraction of sp³-hybridized carbons (Fsp3) is 0.364. The van der Waals surface area contributed by atoms with Crippen LogP contribution in [-0.2, 0) is 11.2 Å². The second-order valence-corrected chi connectivity index (χ2v) is 4.58. The van der Waals surface area contributed by atoms with Crippen LogP contribution in [0.15, 0.2) is 16.6 Å². The fourth-order valence-electron chi connectivity index (χ4n) is 1.37. The van der Waals surface area contributed by atoms with Crippen LogP contribution in [0.5, 0.6) is 5.75 Å². The Hall–Kier alpha value is -1.03. The molecule has 4 heteroatoms. The average molecular weight is 273 g/mol. The summed E-state index contributed by atoms with van der Waals surface area (Å²) in [7, 11) is 0. The molecule has 0 radical (unpaired) electrons. The van der Waals surface area contributed by atoms with Gasteiger partial charge in [0.05, 0.1) is 6.42 Å². The summed E-state index contributed by atoms with van der Waals surface area (Å²) in [5.74, 6) is -0.622. The molecule has 0 aromatic heterocycles. The van der Waals surface area contributed by atoms with Gasteiger partial charge in [-0.3, -0.25) is 4.79 Å². The van der Waals surface area contributed by atoms with E-state index in [0.29, 0.717) is 5.56 Å². The fourth-order valence-corrected chi connectivity index (χ4v) is 2.21. The van der Waals surface area contributed by atoms with Crippen molar-refractivity contribution in [3.05, 3.63) is 27.7 Å². The number of hydrogen-bond acceptors (Lipinski definition) is 2. The lowest BCUT2D eigenvalue weighted by Crippen LogP contribution is -2.01. The van der Waals surface area contributed by atoms with Gasteiger partial charge in [-0.05, 0) is 23.6 Å². The van der Waals surface area contributed by atoms with Crippen LogP contribution >= 0.6 is 15.9 Å². The Kier molecular flexibility index (Phi) is 3.74. The third kappa shape index (κ3) is 2.96. The molecular weight excluding hydrogens is 260 g/mol. The first kappa shape index (κ1) is 12.0. The molecule has 0 saturated carbocycles. The van der Waals surface area contributed by atoms with Gasteiger partial charge < -0.3 is 10.2 Å². The molecule has 0 aliphatic rings. The molecule has 1 rings (SSSR count). The standard InChI is InChI=1S/C11H13BrO3/c1-6(2)8-5-10(13)7(3-9(8)12)4-11(14)15/h3,5-6,13H,4H2,1-2H3,(H,14,15). The highest BCUT2D eigenvalue weighted by atomic mass is 79.9. The van der Waals surface area contributed by atoms with Gasteiger partial charge >= 0.3 is 5.97 Å². The molecule has 15 heavy (non-hydrogen) atoms. The molecule has 0 unspecified atom stereocenters. The second-order valence-electron chi connectivity index (χ2n) is 3.73. The van der Waals surface area contributed by atoms with E-state index >= 15 is 0 Å². The summed E-state index contributed by atoms with van der Waals surface area (Å²) in [6.07, 6.45) is -0.164. The van der Waals surface area contributed by atoms with E-state index in [9.17, 15) is 9.90 Å². The molecule has 0 aliphatic carbocycles. The minimum Gasteiger partial charge on any atom is -0.508 e. The molecular formula is C11H13BrO3. The molecule has 0 spiro atoms. The Morgan fingerprint density at radius 3 is 2.53 bits per heavy atom. The first-order chi connectivity index (χ1) is 6.91. The number of halogens is 1. The lowest BCUT2D eigenvalue weighted by Gasteiger charge is -2.11. The topological polar surface area (TPSA) is 57.5 Å². The predicted molar refractivity (Wildman–Crippen MR) is 61.2 cm³/mol. The molecule has 0 saturated heterocycles. The highest BCUT2D eigenvalue weighted by Gasteiger charge is 2.12. The first-order valence-electron chi connectivity index (χ1n) is 4.65. The molecule has 0 amide bonds. The number of carboxylic acid groups (broad SMARTS) is 1. The summed E-state index contributed by atoms with van der Waals surface area (Å²) in [5.41, 5.74) is 1.40. The number of aliphatic carboxylic acids is 1. The van der Waals surface area contributed by atoms with Crippen LogP contribution < -0.4 is 0 Å². The quantitative estimate of drug-likeness (QED) is 0.890. The van der Waals surface area contributed by atoms with Crippen molar-refractivity contribution >= 4 is 21.9 Å². The summed E-state index contributed by atoms with van der Waals surface area (Å²) in [6.45, 7) is 4.02. The lowest BCUT2D eigenvalue weighted by atomic mass is 10.00. The van der Waals surface area contributed by atoms with Crippen LogP contribution in [0.3, 0.4) is 0 Å². The Balaban J connectivity index is 3.13. The van der Waals surface area contributed by atoms with Crippen LogP contribution in [0.1, 0.15) is 30.9 Å². The van der Waals surface area contributed by atoms with Crippen LogP contribution in [0.4, 0.5) is 0 Å². The van der Waals surface area contributed by atoms with Crippen LogP contribution in [-0.4, -0.2) is 16.2 Å². The van der Waals surface area contributed by atoms with Gasteiger partial charge in [-0.15, -0.1) is 0 Å². The molecule has 82 valence electrons. The maximum Gasteiger partial charge on any atom is 0.307 e. The first-order valence-corrected chi connectivity index (χ1v) is 5.44. The van der Waals surface area contributed by atoms with Gasteiger partial charge in [0.1, 0.15) is 5.75 Å². The number of benzene rings is 1. The number of phenolic OH excluding ortho intramolecular Hbond substituents is 1. The van der Waals surface area contributed by atoms with Crippen molar-refractivity contribution in [2.45, 2.75) is 26.2 Å². The number of carboxylic acids is 1. The summed E-state index contributed by atoms with van der Waals surface area (Å²) in [4.78, 5) is 10.5. The third-order valence-corrected chi connectivity index (χ3v) is 2.85. The Bertz CT molecular complexity index is 386. The van der Waals surface area contributed by atoms with Gasteiger partial charge in [0, 0.05) is 10.0 Å². The predicted octanol–water partition coefficient (Wildman–Crippen LogP) is 2.91. The zero-order chi connectivity index (χ0) is 11.6. The molecule has 0 aliphatic heterocycles. The number of phenols is 1. The Labute approximate surface area is 96.9 Å². The Morgan fingerprint density at radius 1 is 1.47 bits per heavy atom. The summed E-state index contributed by atoms with van der Waals surface area (Å²) < 4.78 is 0.839. The van der Waals surface area contributed by atoms with Crippen molar-refractivity contribution in [2.75, 3.05) is 0 Å². The summed E-state index contributed by atoms with van der Waals surface area (Å²) >= 11 is 3.37. The van der Waals surface area contributed by atoms with Gasteiger partial charge in [-0.1, -0.05) is 29.8 Å². The molecule has 0 fully saturated rings. The third-order valence-electron chi connectivity index (χ3n) is 2.16. The minimum absolute atomic E-state index is 0.0456. The van der Waals surface area contributed by atoms with Crippen molar-refractivity contribution in [3.63, 3.8) is 0 Å². The molecule has 0 heterocycles. The molecule has 1 aromatic rings. The molecule has 3 nitrogen and oxygen atoms in total. The summed E-state index contributed by atoms with van der Waals surface area (Å²) in [6, 6.07) is 3.28. The lowest BCUT2D eigenvalue weighted by molar-refractivity contribution is -0.136. The molecule has 0 atom stereocenters. The molecule has 2 N–H and O–H groups in total. The highest BCUT2D eigenvalue weighted by molar-refractivity contribution is 9.10. The van der Waals surface area contributed by atoms with Gasteiger partial charge in [0.2, 0.25) is 0 Å².